The summed E-state index contributed by atoms with van der Waals surface area (Å²) >= 11 is 0. The van der Waals surface area contributed by atoms with E-state index in [1.165, 1.54) is 51.6 Å². The maximum Gasteiger partial charge on any atom is 0.0674 e. The molecule has 3 heteroatoms. The first-order valence-corrected chi connectivity index (χ1v) is 8.15. The van der Waals surface area contributed by atoms with Gasteiger partial charge in [0, 0.05) is 25.7 Å². The second-order valence-electron chi connectivity index (χ2n) is 6.87. The molecular formula is C16H32N2O. The van der Waals surface area contributed by atoms with E-state index in [-0.39, 0.29) is 0 Å². The summed E-state index contributed by atoms with van der Waals surface area (Å²) in [6, 6.07) is 0.577. The lowest BCUT2D eigenvalue weighted by molar-refractivity contribution is -0.0645. The van der Waals surface area contributed by atoms with Crippen LogP contribution in [-0.4, -0.2) is 50.3 Å². The highest BCUT2D eigenvalue weighted by Crippen LogP contribution is 2.36. The van der Waals surface area contributed by atoms with E-state index in [1.807, 2.05) is 0 Å². The minimum absolute atomic E-state index is 0.397. The number of rotatable bonds is 4. The first-order valence-electron chi connectivity index (χ1n) is 8.15. The average Bonchev–Trinajstić information content (AvgIpc) is 2.60. The van der Waals surface area contributed by atoms with Crippen molar-refractivity contribution in [2.24, 2.45) is 5.41 Å². The van der Waals surface area contributed by atoms with E-state index in [1.54, 1.807) is 0 Å². The topological polar surface area (TPSA) is 24.5 Å². The van der Waals surface area contributed by atoms with Crippen molar-refractivity contribution in [3.8, 4) is 0 Å². The molecule has 1 aliphatic carbocycles. The molecule has 0 bridgehead atoms. The Morgan fingerprint density at radius 2 is 1.84 bits per heavy atom. The van der Waals surface area contributed by atoms with Crippen LogP contribution in [-0.2, 0) is 4.74 Å². The number of nitrogens with zero attached hydrogens (tertiary/aromatic N) is 1. The highest BCUT2D eigenvalue weighted by atomic mass is 16.5. The quantitative estimate of drug-likeness (QED) is 0.793. The lowest BCUT2D eigenvalue weighted by Gasteiger charge is -2.44. The minimum Gasteiger partial charge on any atom is -0.376 e. The highest BCUT2D eigenvalue weighted by molar-refractivity contribution is 4.89. The average molecular weight is 268 g/mol. The molecule has 3 nitrogen and oxygen atoms in total. The lowest BCUT2D eigenvalue weighted by Crippen LogP contribution is -2.53. The Morgan fingerprint density at radius 3 is 2.47 bits per heavy atom. The van der Waals surface area contributed by atoms with Gasteiger partial charge in [0.25, 0.3) is 0 Å². The van der Waals surface area contributed by atoms with Crippen LogP contribution in [0.25, 0.3) is 0 Å². The molecule has 1 saturated heterocycles. The van der Waals surface area contributed by atoms with Crippen LogP contribution >= 0.6 is 0 Å². The standard InChI is InChI=1S/C16H32N2O/c1-14-11-19-15(2)10-18(14)13-16(12-17-3)8-6-4-5-7-9-16/h14-15,17H,4-13H2,1-3H3. The molecule has 1 heterocycles. The second kappa shape index (κ2) is 7.05. The van der Waals surface area contributed by atoms with Gasteiger partial charge in [-0.3, -0.25) is 4.90 Å². The Balaban J connectivity index is 2.01. The summed E-state index contributed by atoms with van der Waals surface area (Å²) in [4.78, 5) is 2.68. The molecule has 2 fully saturated rings. The maximum atomic E-state index is 5.77. The highest BCUT2D eigenvalue weighted by Gasteiger charge is 2.35. The Labute approximate surface area is 119 Å². The molecule has 112 valence electrons. The van der Waals surface area contributed by atoms with E-state index in [2.05, 4.69) is 31.1 Å². The second-order valence-corrected chi connectivity index (χ2v) is 6.87. The molecule has 1 N–H and O–H groups in total. The van der Waals surface area contributed by atoms with E-state index in [9.17, 15) is 0 Å². The maximum absolute atomic E-state index is 5.77. The van der Waals surface area contributed by atoms with Gasteiger partial charge in [-0.1, -0.05) is 25.7 Å². The van der Waals surface area contributed by atoms with Gasteiger partial charge in [0.2, 0.25) is 0 Å². The Bertz CT molecular complexity index is 261. The van der Waals surface area contributed by atoms with Crippen molar-refractivity contribution in [3.05, 3.63) is 0 Å². The minimum atomic E-state index is 0.397. The zero-order chi connectivity index (χ0) is 13.7. The Morgan fingerprint density at radius 1 is 1.16 bits per heavy atom. The zero-order valence-corrected chi connectivity index (χ0v) is 13.1. The van der Waals surface area contributed by atoms with Crippen LogP contribution in [0.15, 0.2) is 0 Å². The number of nitrogens with one attached hydrogen (secondary N) is 1. The first kappa shape index (κ1) is 15.3. The van der Waals surface area contributed by atoms with Gasteiger partial charge in [-0.15, -0.1) is 0 Å². The third kappa shape index (κ3) is 4.17. The smallest absolute Gasteiger partial charge is 0.0674 e. The summed E-state index contributed by atoms with van der Waals surface area (Å²) in [7, 11) is 2.11. The van der Waals surface area contributed by atoms with Crippen LogP contribution < -0.4 is 5.32 Å². The number of hydrogen-bond acceptors (Lipinski definition) is 3. The van der Waals surface area contributed by atoms with Gasteiger partial charge >= 0.3 is 0 Å². The van der Waals surface area contributed by atoms with Crippen molar-refractivity contribution in [1.29, 1.82) is 0 Å². The lowest BCUT2D eigenvalue weighted by atomic mass is 9.79. The van der Waals surface area contributed by atoms with Gasteiger partial charge in [-0.05, 0) is 39.2 Å². The van der Waals surface area contributed by atoms with E-state index < -0.39 is 0 Å². The molecule has 0 spiro atoms. The van der Waals surface area contributed by atoms with Crippen molar-refractivity contribution in [1.82, 2.24) is 10.2 Å². The van der Waals surface area contributed by atoms with Crippen LogP contribution in [0.5, 0.6) is 0 Å². The summed E-state index contributed by atoms with van der Waals surface area (Å²) in [5.41, 5.74) is 0.497. The Hall–Kier alpha value is -0.120. The summed E-state index contributed by atoms with van der Waals surface area (Å²) in [5, 5.41) is 3.46. The third-order valence-corrected chi connectivity index (χ3v) is 4.99. The van der Waals surface area contributed by atoms with Crippen LogP contribution in [0.3, 0.4) is 0 Å². The summed E-state index contributed by atoms with van der Waals surface area (Å²) < 4.78 is 5.77. The molecule has 0 aromatic heterocycles. The predicted octanol–water partition coefficient (Wildman–Crippen LogP) is 2.66. The molecular weight excluding hydrogens is 236 g/mol. The summed E-state index contributed by atoms with van der Waals surface area (Å²) in [6.07, 6.45) is 8.87. The number of hydrogen-bond donors (Lipinski definition) is 1. The van der Waals surface area contributed by atoms with Gasteiger partial charge in [0.1, 0.15) is 0 Å². The largest absolute Gasteiger partial charge is 0.376 e. The summed E-state index contributed by atoms with van der Waals surface area (Å²) in [5.74, 6) is 0. The van der Waals surface area contributed by atoms with Crippen molar-refractivity contribution >= 4 is 0 Å². The van der Waals surface area contributed by atoms with E-state index >= 15 is 0 Å². The monoisotopic (exact) mass is 268 g/mol. The van der Waals surface area contributed by atoms with Crippen LogP contribution in [0.4, 0.5) is 0 Å². The SMILES string of the molecule is CNCC1(CN2CC(C)OCC2C)CCCCCC1. The van der Waals surface area contributed by atoms with E-state index in [0.29, 0.717) is 17.6 Å². The first-order chi connectivity index (χ1) is 9.15. The van der Waals surface area contributed by atoms with Gasteiger partial charge in [0.05, 0.1) is 12.7 Å². The van der Waals surface area contributed by atoms with Crippen LogP contribution in [0.2, 0.25) is 0 Å². The fourth-order valence-electron chi connectivity index (χ4n) is 3.87. The van der Waals surface area contributed by atoms with Gasteiger partial charge in [0.15, 0.2) is 0 Å². The Kier molecular flexibility index (Phi) is 5.67. The van der Waals surface area contributed by atoms with Crippen LogP contribution in [0.1, 0.15) is 52.4 Å². The summed E-state index contributed by atoms with van der Waals surface area (Å²) in [6.45, 7) is 8.95. The van der Waals surface area contributed by atoms with Crippen LogP contribution in [0, 0.1) is 5.41 Å². The van der Waals surface area contributed by atoms with E-state index in [0.717, 1.165) is 13.2 Å². The molecule has 19 heavy (non-hydrogen) atoms. The predicted molar refractivity (Wildman–Crippen MR) is 80.5 cm³/mol. The third-order valence-electron chi connectivity index (χ3n) is 4.99. The molecule has 0 aromatic carbocycles. The molecule has 2 rings (SSSR count). The molecule has 1 aliphatic heterocycles. The molecule has 2 aliphatic rings. The molecule has 1 saturated carbocycles. The molecule has 0 aromatic rings. The molecule has 0 amide bonds. The normalized spacial score (nSPS) is 33.0. The number of ether oxygens (including phenoxy) is 1. The van der Waals surface area contributed by atoms with Crippen molar-refractivity contribution in [2.45, 2.75) is 64.5 Å². The van der Waals surface area contributed by atoms with Gasteiger partial charge in [-0.25, -0.2) is 0 Å². The molecule has 0 radical (unpaired) electrons. The van der Waals surface area contributed by atoms with Crippen molar-refractivity contribution in [2.75, 3.05) is 33.3 Å². The molecule has 2 unspecified atom stereocenters. The van der Waals surface area contributed by atoms with Gasteiger partial charge < -0.3 is 10.1 Å². The van der Waals surface area contributed by atoms with Crippen molar-refractivity contribution < 1.29 is 4.74 Å². The van der Waals surface area contributed by atoms with E-state index in [4.69, 9.17) is 4.74 Å². The number of morpholine rings is 1. The van der Waals surface area contributed by atoms with Gasteiger partial charge in [-0.2, -0.15) is 0 Å². The fraction of sp³-hybridized carbons (Fsp3) is 1.00. The van der Waals surface area contributed by atoms with Crippen molar-refractivity contribution in [3.63, 3.8) is 0 Å². The zero-order valence-electron chi connectivity index (χ0n) is 13.1. The fourth-order valence-corrected chi connectivity index (χ4v) is 3.87. The molecule has 2 atom stereocenters.